The molecular formula is C18H32N4O3. The van der Waals surface area contributed by atoms with Gasteiger partial charge in [0, 0.05) is 37.4 Å². The zero-order valence-electron chi connectivity index (χ0n) is 15.6. The maximum absolute atomic E-state index is 11.6. The van der Waals surface area contributed by atoms with Gasteiger partial charge in [-0.15, -0.1) is 5.06 Å². The number of hydrogen-bond donors (Lipinski definition) is 1. The Morgan fingerprint density at radius 2 is 1.88 bits per heavy atom. The maximum atomic E-state index is 11.6. The second-order valence-corrected chi connectivity index (χ2v) is 6.91. The molecule has 0 aromatic carbocycles. The number of carbonyl (C=O) groups excluding carboxylic acids is 1. The van der Waals surface area contributed by atoms with Crippen molar-refractivity contribution >= 4 is 12.4 Å². The van der Waals surface area contributed by atoms with Gasteiger partial charge in [-0.3, -0.25) is 4.99 Å². The van der Waals surface area contributed by atoms with Gasteiger partial charge in [-0.05, 0) is 58.7 Å². The molecule has 0 aromatic heterocycles. The molecule has 2 N–H and O–H groups in total. The Hall–Kier alpha value is -1.60. The van der Waals surface area contributed by atoms with Crippen molar-refractivity contribution in [1.82, 2.24) is 9.96 Å². The van der Waals surface area contributed by atoms with E-state index in [-0.39, 0.29) is 12.1 Å². The molecule has 0 bridgehead atoms. The van der Waals surface area contributed by atoms with Crippen molar-refractivity contribution in [3.63, 3.8) is 0 Å². The fraction of sp³-hybridized carbons (Fsp3) is 0.778. The molecule has 2 unspecified atom stereocenters. The Kier molecular flexibility index (Phi) is 7.71. The second-order valence-electron chi connectivity index (χ2n) is 6.91. The number of piperidine rings is 2. The quantitative estimate of drug-likeness (QED) is 0.604. The lowest BCUT2D eigenvalue weighted by Gasteiger charge is -2.45. The van der Waals surface area contributed by atoms with Gasteiger partial charge in [0.15, 0.2) is 0 Å². The van der Waals surface area contributed by atoms with Crippen molar-refractivity contribution in [2.45, 2.75) is 70.6 Å². The van der Waals surface area contributed by atoms with Crippen molar-refractivity contribution < 1.29 is 14.4 Å². The average molecular weight is 352 g/mol. The third kappa shape index (κ3) is 5.71. The van der Waals surface area contributed by atoms with Crippen LogP contribution in [0.5, 0.6) is 0 Å². The van der Waals surface area contributed by atoms with Crippen LogP contribution in [0.4, 0.5) is 4.79 Å². The third-order valence-electron chi connectivity index (χ3n) is 5.05. The van der Waals surface area contributed by atoms with Crippen LogP contribution in [0.3, 0.4) is 0 Å². The fourth-order valence-electron chi connectivity index (χ4n) is 3.86. The van der Waals surface area contributed by atoms with Gasteiger partial charge in [0.05, 0.1) is 12.6 Å². The largest absolute Gasteiger partial charge is 0.527 e. The fourth-order valence-corrected chi connectivity index (χ4v) is 3.86. The summed E-state index contributed by atoms with van der Waals surface area (Å²) in [5.74, 6) is 0. The highest BCUT2D eigenvalue weighted by molar-refractivity contribution is 5.70. The van der Waals surface area contributed by atoms with E-state index in [1.165, 1.54) is 6.20 Å². The molecule has 2 rings (SSSR count). The van der Waals surface area contributed by atoms with Gasteiger partial charge in [0.2, 0.25) is 0 Å². The van der Waals surface area contributed by atoms with E-state index in [1.807, 2.05) is 0 Å². The number of rotatable bonds is 5. The lowest BCUT2D eigenvalue weighted by Crippen LogP contribution is -2.54. The van der Waals surface area contributed by atoms with E-state index in [0.29, 0.717) is 18.7 Å². The molecule has 7 nitrogen and oxygen atoms in total. The molecule has 0 saturated carbocycles. The number of carbonyl (C=O) groups is 1. The first kappa shape index (κ1) is 19.7. The normalized spacial score (nSPS) is 30.1. The Morgan fingerprint density at radius 1 is 1.24 bits per heavy atom. The molecule has 0 radical (unpaired) electrons. The summed E-state index contributed by atoms with van der Waals surface area (Å²) in [5, 5.41) is 1.80. The van der Waals surface area contributed by atoms with E-state index >= 15 is 0 Å². The molecule has 0 aliphatic carbocycles. The number of hydroxylamine groups is 2. The van der Waals surface area contributed by atoms with Crippen LogP contribution in [0.15, 0.2) is 17.3 Å². The Bertz CT molecular complexity index is 463. The summed E-state index contributed by atoms with van der Waals surface area (Å²) in [6.45, 7) is 8.46. The van der Waals surface area contributed by atoms with E-state index in [1.54, 1.807) is 24.3 Å². The first-order valence-electron chi connectivity index (χ1n) is 9.32. The Labute approximate surface area is 150 Å². The minimum Gasteiger partial charge on any atom is -0.433 e. The number of ether oxygens (including phenoxy) is 1. The molecule has 0 aromatic rings. The van der Waals surface area contributed by atoms with Gasteiger partial charge in [0.25, 0.3) is 0 Å². The molecule has 142 valence electrons. The van der Waals surface area contributed by atoms with E-state index in [4.69, 9.17) is 15.3 Å². The van der Waals surface area contributed by atoms with Crippen LogP contribution in [-0.2, 0) is 9.57 Å². The van der Waals surface area contributed by atoms with Gasteiger partial charge >= 0.3 is 6.16 Å². The van der Waals surface area contributed by atoms with Crippen LogP contribution in [0, 0.1) is 0 Å². The number of allylic oxidation sites excluding steroid dienone is 1. The highest BCUT2D eigenvalue weighted by atomic mass is 16.8. The Balaban J connectivity index is 1.82. The molecule has 2 atom stereocenters. The van der Waals surface area contributed by atoms with Gasteiger partial charge < -0.3 is 20.2 Å². The highest BCUT2D eigenvalue weighted by Gasteiger charge is 2.37. The lowest BCUT2D eigenvalue weighted by molar-refractivity contribution is -0.196. The van der Waals surface area contributed by atoms with E-state index < -0.39 is 6.16 Å². The molecule has 0 spiro atoms. The number of hydrogen-bond acceptors (Lipinski definition) is 7. The molecule has 2 heterocycles. The first-order chi connectivity index (χ1) is 12.0. The van der Waals surface area contributed by atoms with Crippen molar-refractivity contribution in [1.29, 1.82) is 0 Å². The molecule has 25 heavy (non-hydrogen) atoms. The lowest BCUT2D eigenvalue weighted by atomic mass is 9.91. The number of nitrogens with zero attached hydrogens (tertiary/aromatic N) is 3. The summed E-state index contributed by atoms with van der Waals surface area (Å²) < 4.78 is 4.90. The molecule has 7 heteroatoms. The van der Waals surface area contributed by atoms with Gasteiger partial charge in [0.1, 0.15) is 0 Å². The minimum absolute atomic E-state index is 0.184. The minimum atomic E-state index is -0.607. The Morgan fingerprint density at radius 3 is 2.44 bits per heavy atom. The molecule has 2 saturated heterocycles. The van der Waals surface area contributed by atoms with Crippen LogP contribution in [0.2, 0.25) is 0 Å². The second kappa shape index (κ2) is 9.77. The van der Waals surface area contributed by atoms with E-state index in [2.05, 4.69) is 23.7 Å². The zero-order chi connectivity index (χ0) is 18.2. The predicted molar refractivity (Wildman–Crippen MR) is 98.3 cm³/mol. The summed E-state index contributed by atoms with van der Waals surface area (Å²) in [4.78, 5) is 24.1. The monoisotopic (exact) mass is 352 g/mol. The first-order valence-corrected chi connectivity index (χ1v) is 9.32. The van der Waals surface area contributed by atoms with Crippen LogP contribution in [0.25, 0.3) is 0 Å². The summed E-state index contributed by atoms with van der Waals surface area (Å²) in [6.07, 6.45) is 8.62. The number of aliphatic imine (C=N–C) groups is 1. The molecule has 2 aliphatic heterocycles. The summed E-state index contributed by atoms with van der Waals surface area (Å²) in [7, 11) is 0. The van der Waals surface area contributed by atoms with Crippen molar-refractivity contribution in [3.8, 4) is 0 Å². The molecule has 0 amide bonds. The summed E-state index contributed by atoms with van der Waals surface area (Å²) in [5.41, 5.74) is 5.32. The van der Waals surface area contributed by atoms with Crippen LogP contribution < -0.4 is 5.73 Å². The zero-order valence-corrected chi connectivity index (χ0v) is 15.6. The van der Waals surface area contributed by atoms with Crippen LogP contribution in [-0.4, -0.2) is 66.2 Å². The average Bonchev–Trinajstić information content (AvgIpc) is 2.59. The van der Waals surface area contributed by atoms with Crippen molar-refractivity contribution in [2.24, 2.45) is 10.7 Å². The molecular weight excluding hydrogens is 320 g/mol. The van der Waals surface area contributed by atoms with E-state index in [0.717, 1.165) is 38.8 Å². The topological polar surface area (TPSA) is 80.4 Å². The third-order valence-corrected chi connectivity index (χ3v) is 5.05. The highest BCUT2D eigenvalue weighted by Crippen LogP contribution is 2.29. The van der Waals surface area contributed by atoms with E-state index in [9.17, 15) is 4.79 Å². The number of likely N-dealkylation sites (tertiary alicyclic amines) is 1. The molecule has 2 fully saturated rings. The summed E-state index contributed by atoms with van der Waals surface area (Å²) in [6, 6.07) is 1.29. The standard InChI is InChI=1S/C18H32N4O3/c1-4-24-18(23)25-22-14(2)12-17(13-15(22)3)21-10-6-16(7-11-21)20-9-5-8-19/h5,8-9,14-17H,4,6-7,10-13,19H2,1-3H3/b8-5-,20-9?. The molecule has 2 aliphatic rings. The maximum Gasteiger partial charge on any atom is 0.527 e. The van der Waals surface area contributed by atoms with Gasteiger partial charge in [-0.1, -0.05) is 0 Å². The predicted octanol–water partition coefficient (Wildman–Crippen LogP) is 2.32. The SMILES string of the molecule is CCOC(=O)ON1C(C)CC(N2CCC(N=C/C=C\N)CC2)CC1C. The van der Waals surface area contributed by atoms with Gasteiger partial charge in [-0.2, -0.15) is 0 Å². The summed E-state index contributed by atoms with van der Waals surface area (Å²) >= 11 is 0. The number of nitrogens with two attached hydrogens (primary N) is 1. The van der Waals surface area contributed by atoms with Crippen LogP contribution in [0.1, 0.15) is 46.5 Å². The van der Waals surface area contributed by atoms with Crippen LogP contribution >= 0.6 is 0 Å². The van der Waals surface area contributed by atoms with Crippen molar-refractivity contribution in [3.05, 3.63) is 12.3 Å². The van der Waals surface area contributed by atoms with Gasteiger partial charge in [-0.25, -0.2) is 4.79 Å². The van der Waals surface area contributed by atoms with Crippen molar-refractivity contribution in [2.75, 3.05) is 19.7 Å². The smallest absolute Gasteiger partial charge is 0.433 e.